The van der Waals surface area contributed by atoms with E-state index in [1.807, 2.05) is 27.7 Å². The third kappa shape index (κ3) is 7.04. The van der Waals surface area contributed by atoms with Gasteiger partial charge in [0.15, 0.2) is 0 Å². The predicted octanol–water partition coefficient (Wildman–Crippen LogP) is 3.88. The average molecular weight is 384 g/mol. The number of carbonyl (C=O) groups is 2. The first kappa shape index (κ1) is 21.4. The van der Waals surface area contributed by atoms with Gasteiger partial charge in [0.1, 0.15) is 12.4 Å². The lowest BCUT2D eigenvalue weighted by Gasteiger charge is -2.20. The van der Waals surface area contributed by atoms with Gasteiger partial charge in [-0.2, -0.15) is 0 Å². The molecule has 0 spiro atoms. The Morgan fingerprint density at radius 3 is 2.00 bits per heavy atom. The maximum absolute atomic E-state index is 12.4. The number of nitrogens with one attached hydrogen (secondary N) is 2. The molecule has 0 bridgehead atoms. The number of hydrogen-bond donors (Lipinski definition) is 2. The first-order chi connectivity index (χ1) is 13.3. The van der Waals surface area contributed by atoms with E-state index in [-0.39, 0.29) is 17.4 Å². The van der Waals surface area contributed by atoms with Crippen LogP contribution in [-0.4, -0.2) is 37.2 Å². The van der Waals surface area contributed by atoms with Crippen molar-refractivity contribution >= 4 is 17.5 Å². The number of ether oxygens (including phenoxy) is 2. The average Bonchev–Trinajstić information content (AvgIpc) is 2.65. The van der Waals surface area contributed by atoms with Crippen LogP contribution in [0.5, 0.6) is 5.75 Å². The van der Waals surface area contributed by atoms with Crippen LogP contribution in [-0.2, 0) is 4.74 Å². The molecule has 0 aliphatic carbocycles. The second kappa shape index (κ2) is 9.90. The quantitative estimate of drug-likeness (QED) is 0.677. The van der Waals surface area contributed by atoms with E-state index in [2.05, 4.69) is 10.6 Å². The van der Waals surface area contributed by atoms with E-state index in [0.29, 0.717) is 42.4 Å². The van der Waals surface area contributed by atoms with Gasteiger partial charge in [-0.15, -0.1) is 0 Å². The van der Waals surface area contributed by atoms with Crippen molar-refractivity contribution in [3.63, 3.8) is 0 Å². The molecule has 0 heterocycles. The maximum Gasteiger partial charge on any atom is 0.255 e. The Morgan fingerprint density at radius 1 is 0.857 bits per heavy atom. The monoisotopic (exact) mass is 384 g/mol. The van der Waals surface area contributed by atoms with Crippen LogP contribution in [0.2, 0.25) is 0 Å². The molecule has 2 N–H and O–H groups in total. The van der Waals surface area contributed by atoms with Crippen LogP contribution in [0.1, 0.15) is 48.4 Å². The zero-order valence-corrected chi connectivity index (χ0v) is 16.9. The van der Waals surface area contributed by atoms with Crippen molar-refractivity contribution in [2.45, 2.75) is 33.2 Å². The van der Waals surface area contributed by atoms with Crippen LogP contribution in [0.25, 0.3) is 0 Å². The highest BCUT2D eigenvalue weighted by molar-refractivity contribution is 6.04. The van der Waals surface area contributed by atoms with Crippen LogP contribution in [0, 0.1) is 0 Å². The molecular formula is C22H28N2O4. The Kier molecular flexibility index (Phi) is 7.58. The fourth-order valence-electron chi connectivity index (χ4n) is 2.39. The van der Waals surface area contributed by atoms with Crippen molar-refractivity contribution in [1.82, 2.24) is 5.32 Å². The Hall–Kier alpha value is -2.86. The summed E-state index contributed by atoms with van der Waals surface area (Å²) in [6.07, 6.45) is 0. The van der Waals surface area contributed by atoms with Gasteiger partial charge in [0.05, 0.1) is 6.61 Å². The van der Waals surface area contributed by atoms with E-state index < -0.39 is 0 Å². The largest absolute Gasteiger partial charge is 0.491 e. The van der Waals surface area contributed by atoms with Gasteiger partial charge in [0.2, 0.25) is 0 Å². The molecular weight excluding hydrogens is 356 g/mol. The van der Waals surface area contributed by atoms with E-state index in [1.165, 1.54) is 0 Å². The van der Waals surface area contributed by atoms with Crippen molar-refractivity contribution in [2.24, 2.45) is 0 Å². The third-order valence-corrected chi connectivity index (χ3v) is 3.71. The summed E-state index contributed by atoms with van der Waals surface area (Å²) in [4.78, 5) is 24.5. The second-order valence-electron chi connectivity index (χ2n) is 7.31. The van der Waals surface area contributed by atoms with Crippen LogP contribution in [0.15, 0.2) is 48.5 Å². The molecule has 0 radical (unpaired) electrons. The highest BCUT2D eigenvalue weighted by Crippen LogP contribution is 2.15. The number of rotatable bonds is 8. The normalized spacial score (nSPS) is 11.0. The first-order valence-electron chi connectivity index (χ1n) is 9.33. The lowest BCUT2D eigenvalue weighted by molar-refractivity contribution is 0.0919. The molecule has 2 rings (SSSR count). The Bertz CT molecular complexity index is 778. The van der Waals surface area contributed by atoms with Gasteiger partial charge in [0, 0.05) is 29.0 Å². The minimum atomic E-state index is -0.303. The summed E-state index contributed by atoms with van der Waals surface area (Å²) in [5, 5.41) is 5.72. The molecule has 0 saturated carbocycles. The van der Waals surface area contributed by atoms with E-state index in [4.69, 9.17) is 9.47 Å². The Labute approximate surface area is 166 Å². The fourth-order valence-corrected chi connectivity index (χ4v) is 2.39. The molecule has 0 atom stereocenters. The summed E-state index contributed by atoms with van der Waals surface area (Å²) in [5.74, 6) is 0.309. The van der Waals surface area contributed by atoms with Crippen molar-refractivity contribution in [3.8, 4) is 5.75 Å². The van der Waals surface area contributed by atoms with E-state index >= 15 is 0 Å². The lowest BCUT2D eigenvalue weighted by atomic mass is 10.1. The van der Waals surface area contributed by atoms with E-state index in [1.54, 1.807) is 48.5 Å². The van der Waals surface area contributed by atoms with Gasteiger partial charge < -0.3 is 20.1 Å². The van der Waals surface area contributed by atoms with Crippen LogP contribution in [0.3, 0.4) is 0 Å². The molecule has 150 valence electrons. The van der Waals surface area contributed by atoms with Gasteiger partial charge in [-0.1, -0.05) is 0 Å². The second-order valence-corrected chi connectivity index (χ2v) is 7.31. The summed E-state index contributed by atoms with van der Waals surface area (Å²) in [5.41, 5.74) is 1.38. The standard InChI is InChI=1S/C22H28N2O4/c1-5-27-14-15-28-19-12-8-16(9-13-19)20(25)23-18-10-6-17(7-11-18)21(26)24-22(2,3)4/h6-13H,5,14-15H2,1-4H3,(H,23,25)(H,24,26). The Balaban J connectivity index is 1.91. The minimum absolute atomic E-state index is 0.148. The number of amides is 2. The number of benzene rings is 2. The molecule has 6 heteroatoms. The van der Waals surface area contributed by atoms with Crippen LogP contribution >= 0.6 is 0 Å². The minimum Gasteiger partial charge on any atom is -0.491 e. The van der Waals surface area contributed by atoms with E-state index in [9.17, 15) is 9.59 Å². The van der Waals surface area contributed by atoms with Gasteiger partial charge in [-0.25, -0.2) is 0 Å². The number of carbonyl (C=O) groups excluding carboxylic acids is 2. The van der Waals surface area contributed by atoms with Crippen LogP contribution < -0.4 is 15.4 Å². The highest BCUT2D eigenvalue weighted by Gasteiger charge is 2.15. The maximum atomic E-state index is 12.4. The zero-order valence-electron chi connectivity index (χ0n) is 16.9. The van der Waals surface area contributed by atoms with Gasteiger partial charge in [-0.05, 0) is 76.2 Å². The molecule has 2 aromatic rings. The molecule has 6 nitrogen and oxygen atoms in total. The van der Waals surface area contributed by atoms with E-state index in [0.717, 1.165) is 0 Å². The molecule has 0 aliphatic heterocycles. The lowest BCUT2D eigenvalue weighted by Crippen LogP contribution is -2.40. The Morgan fingerprint density at radius 2 is 1.43 bits per heavy atom. The van der Waals surface area contributed by atoms with Crippen molar-refractivity contribution in [1.29, 1.82) is 0 Å². The molecule has 2 aromatic carbocycles. The molecule has 2 amide bonds. The SMILES string of the molecule is CCOCCOc1ccc(C(=O)Nc2ccc(C(=O)NC(C)(C)C)cc2)cc1. The number of anilines is 1. The fraction of sp³-hybridized carbons (Fsp3) is 0.364. The van der Waals surface area contributed by atoms with Gasteiger partial charge >= 0.3 is 0 Å². The summed E-state index contributed by atoms with van der Waals surface area (Å²) < 4.78 is 10.8. The number of hydrogen-bond acceptors (Lipinski definition) is 4. The molecule has 0 aromatic heterocycles. The third-order valence-electron chi connectivity index (χ3n) is 3.71. The molecule has 0 unspecified atom stereocenters. The smallest absolute Gasteiger partial charge is 0.255 e. The van der Waals surface area contributed by atoms with Gasteiger partial charge in [-0.3, -0.25) is 9.59 Å². The van der Waals surface area contributed by atoms with Gasteiger partial charge in [0.25, 0.3) is 11.8 Å². The summed E-state index contributed by atoms with van der Waals surface area (Å²) in [6, 6.07) is 13.7. The molecule has 0 aliphatic rings. The van der Waals surface area contributed by atoms with Crippen molar-refractivity contribution < 1.29 is 19.1 Å². The molecule has 28 heavy (non-hydrogen) atoms. The molecule has 0 saturated heterocycles. The molecule has 0 fully saturated rings. The summed E-state index contributed by atoms with van der Waals surface area (Å²) in [6.45, 7) is 9.36. The topological polar surface area (TPSA) is 76.7 Å². The van der Waals surface area contributed by atoms with Crippen LogP contribution in [0.4, 0.5) is 5.69 Å². The highest BCUT2D eigenvalue weighted by atomic mass is 16.5. The predicted molar refractivity (Wildman–Crippen MR) is 110 cm³/mol. The summed E-state index contributed by atoms with van der Waals surface area (Å²) in [7, 11) is 0. The van der Waals surface area contributed by atoms with Crippen molar-refractivity contribution in [2.75, 3.05) is 25.1 Å². The van der Waals surface area contributed by atoms with Crippen molar-refractivity contribution in [3.05, 3.63) is 59.7 Å². The summed E-state index contributed by atoms with van der Waals surface area (Å²) >= 11 is 0. The zero-order chi connectivity index (χ0) is 20.6. The first-order valence-corrected chi connectivity index (χ1v) is 9.33.